The summed E-state index contributed by atoms with van der Waals surface area (Å²) >= 11 is 0. The number of nitrogens with two attached hydrogens (primary N) is 1. The van der Waals surface area contributed by atoms with E-state index in [0.717, 1.165) is 0 Å². The summed E-state index contributed by atoms with van der Waals surface area (Å²) in [6.45, 7) is -0.306. The lowest BCUT2D eigenvalue weighted by Gasteiger charge is -2.06. The summed E-state index contributed by atoms with van der Waals surface area (Å²) in [5.41, 5.74) is 5.57. The number of hydrogen-bond donors (Lipinski definition) is 5. The summed E-state index contributed by atoms with van der Waals surface area (Å²) in [5.74, 6) is 0.429. The van der Waals surface area contributed by atoms with Crippen molar-refractivity contribution in [3.05, 3.63) is 29.8 Å². The lowest BCUT2D eigenvalue weighted by molar-refractivity contribution is -0.136. The molecule has 1 aromatic rings. The predicted molar refractivity (Wildman–Crippen MR) is 84.8 cm³/mol. The van der Waals surface area contributed by atoms with Gasteiger partial charge in [-0.15, -0.1) is 0 Å². The molecule has 24 heavy (non-hydrogen) atoms. The third-order valence-corrected chi connectivity index (χ3v) is 2.56. The summed E-state index contributed by atoms with van der Waals surface area (Å²) in [6, 6.07) is 7.57. The minimum atomic E-state index is -0.976. The van der Waals surface area contributed by atoms with Gasteiger partial charge in [-0.2, -0.15) is 0 Å². The van der Waals surface area contributed by atoms with Gasteiger partial charge in [0.15, 0.2) is 0 Å². The first-order valence-corrected chi connectivity index (χ1v) is 6.81. The molecule has 4 amide bonds. The Labute approximate surface area is 137 Å². The number of nitrogens with one attached hydrogen (secondary N) is 3. The molecule has 1 rings (SSSR count). The maximum absolute atomic E-state index is 11.9. The number of anilines is 1. The van der Waals surface area contributed by atoms with Crippen molar-refractivity contribution in [3.8, 4) is 12.0 Å². The average Bonchev–Trinajstić information content (AvgIpc) is 2.51. The Bertz CT molecular complexity index is 705. The molecule has 0 aliphatic rings. The Balaban J connectivity index is 2.44. The van der Waals surface area contributed by atoms with Gasteiger partial charge < -0.3 is 21.5 Å². The molecule has 0 aliphatic carbocycles. The first-order valence-electron chi connectivity index (χ1n) is 6.81. The first kappa shape index (κ1) is 18.5. The number of hydrogen-bond acceptors (Lipinski definition) is 4. The van der Waals surface area contributed by atoms with Crippen molar-refractivity contribution in [2.24, 2.45) is 5.73 Å². The second-order valence-corrected chi connectivity index (χ2v) is 4.50. The highest BCUT2D eigenvalue weighted by molar-refractivity contribution is 5.98. The molecule has 6 N–H and O–H groups in total. The molecular weight excluding hydrogens is 316 g/mol. The Kier molecular flexibility index (Phi) is 7.30. The van der Waals surface area contributed by atoms with E-state index in [-0.39, 0.29) is 24.9 Å². The van der Waals surface area contributed by atoms with Gasteiger partial charge in [-0.05, 0) is 18.2 Å². The number of benzene rings is 1. The van der Waals surface area contributed by atoms with E-state index in [1.54, 1.807) is 12.1 Å². The number of urea groups is 1. The van der Waals surface area contributed by atoms with Crippen LogP contribution in [0.5, 0.6) is 0 Å². The van der Waals surface area contributed by atoms with E-state index >= 15 is 0 Å². The van der Waals surface area contributed by atoms with Crippen LogP contribution in [0.1, 0.15) is 23.2 Å². The number of carboxylic acids is 1. The highest BCUT2D eigenvalue weighted by Gasteiger charge is 2.08. The Morgan fingerprint density at radius 3 is 2.62 bits per heavy atom. The van der Waals surface area contributed by atoms with E-state index in [1.165, 1.54) is 12.1 Å². The molecule has 0 saturated heterocycles. The predicted octanol–water partition coefficient (Wildman–Crippen LogP) is -0.151. The average molecular weight is 332 g/mol. The Morgan fingerprint density at radius 1 is 1.21 bits per heavy atom. The number of amides is 4. The van der Waals surface area contributed by atoms with Crippen molar-refractivity contribution in [1.82, 2.24) is 10.6 Å². The summed E-state index contributed by atoms with van der Waals surface area (Å²) in [4.78, 5) is 44.4. The number of carboxylic acid groups (broad SMARTS) is 1. The van der Waals surface area contributed by atoms with Crippen LogP contribution in [-0.2, 0) is 9.59 Å². The monoisotopic (exact) mass is 332 g/mol. The molecule has 0 fully saturated rings. The van der Waals surface area contributed by atoms with E-state index in [4.69, 9.17) is 10.8 Å². The van der Waals surface area contributed by atoms with Gasteiger partial charge in [-0.1, -0.05) is 12.0 Å². The zero-order chi connectivity index (χ0) is 17.9. The molecule has 9 heteroatoms. The quantitative estimate of drug-likeness (QED) is 0.362. The highest BCUT2D eigenvalue weighted by atomic mass is 16.4. The van der Waals surface area contributed by atoms with Gasteiger partial charge in [0.2, 0.25) is 0 Å². The van der Waals surface area contributed by atoms with Crippen molar-refractivity contribution >= 4 is 29.5 Å². The lowest BCUT2D eigenvalue weighted by atomic mass is 10.2. The van der Waals surface area contributed by atoms with Gasteiger partial charge in [-0.3, -0.25) is 19.7 Å². The topological polar surface area (TPSA) is 151 Å². The smallest absolute Gasteiger partial charge is 0.316 e. The van der Waals surface area contributed by atoms with Crippen molar-refractivity contribution in [2.45, 2.75) is 12.8 Å². The number of carbonyl (C=O) groups excluding carboxylic acids is 3. The largest absolute Gasteiger partial charge is 0.481 e. The summed E-state index contributed by atoms with van der Waals surface area (Å²) in [7, 11) is 0. The van der Waals surface area contributed by atoms with E-state index in [1.807, 2.05) is 0 Å². The molecule has 126 valence electrons. The molecule has 1 aromatic carbocycles. The minimum absolute atomic E-state index is 0.113. The van der Waals surface area contributed by atoms with Crippen molar-refractivity contribution in [3.63, 3.8) is 0 Å². The fourth-order valence-corrected chi connectivity index (χ4v) is 1.53. The summed E-state index contributed by atoms with van der Waals surface area (Å²) in [6.07, 6.45) is -0.00306. The molecule has 0 unspecified atom stereocenters. The number of primary amides is 1. The molecular formula is C15H16N4O5. The summed E-state index contributed by atoms with van der Waals surface area (Å²) in [5, 5.41) is 15.3. The molecule has 0 spiro atoms. The maximum atomic E-state index is 11.9. The normalized spacial score (nSPS) is 9.17. The standard InChI is InChI=1S/C15H16N4O5/c16-15(24)19-11-5-3-4-10(8-11)14(23)18-9-12(20)17-7-2-1-6-13(21)22/h3-5,8H,1,6,9H2,(H,17,20)(H,18,23)(H,21,22)(H3,16,19,24). The second kappa shape index (κ2) is 9.47. The second-order valence-electron chi connectivity index (χ2n) is 4.50. The van der Waals surface area contributed by atoms with E-state index in [0.29, 0.717) is 5.69 Å². The van der Waals surface area contributed by atoms with Crippen LogP contribution in [0.25, 0.3) is 0 Å². The number of rotatable bonds is 6. The van der Waals surface area contributed by atoms with Crippen LogP contribution in [0, 0.1) is 12.0 Å². The van der Waals surface area contributed by atoms with E-state index < -0.39 is 23.8 Å². The molecule has 0 saturated carbocycles. The van der Waals surface area contributed by atoms with Crippen molar-refractivity contribution in [1.29, 1.82) is 0 Å². The van der Waals surface area contributed by atoms with Crippen LogP contribution in [0.3, 0.4) is 0 Å². The molecule has 0 aromatic heterocycles. The zero-order valence-corrected chi connectivity index (χ0v) is 12.6. The molecule has 0 aliphatic heterocycles. The molecule has 0 radical (unpaired) electrons. The zero-order valence-electron chi connectivity index (χ0n) is 12.6. The van der Waals surface area contributed by atoms with E-state index in [9.17, 15) is 19.2 Å². The summed E-state index contributed by atoms with van der Waals surface area (Å²) < 4.78 is 0. The van der Waals surface area contributed by atoms with Gasteiger partial charge >= 0.3 is 12.0 Å². The fraction of sp³-hybridized carbons (Fsp3) is 0.200. The van der Waals surface area contributed by atoms with Crippen LogP contribution in [0.4, 0.5) is 10.5 Å². The van der Waals surface area contributed by atoms with Gasteiger partial charge in [0.25, 0.3) is 11.8 Å². The fourth-order valence-electron chi connectivity index (χ4n) is 1.53. The first-order chi connectivity index (χ1) is 11.4. The van der Waals surface area contributed by atoms with Gasteiger partial charge in [0.05, 0.1) is 13.0 Å². The number of carbonyl (C=O) groups is 4. The van der Waals surface area contributed by atoms with Gasteiger partial charge in [0.1, 0.15) is 0 Å². The molecule has 0 bridgehead atoms. The molecule has 9 nitrogen and oxygen atoms in total. The van der Waals surface area contributed by atoms with E-state index in [2.05, 4.69) is 27.9 Å². The number of aliphatic carboxylic acids is 1. The van der Waals surface area contributed by atoms with Gasteiger partial charge in [0, 0.05) is 23.7 Å². The SMILES string of the molecule is NC(=O)Nc1cccc(C(=O)NCC(=O)NC#CCCC(=O)O)c1. The van der Waals surface area contributed by atoms with Crippen LogP contribution in [0.2, 0.25) is 0 Å². The van der Waals surface area contributed by atoms with Crippen LogP contribution >= 0.6 is 0 Å². The van der Waals surface area contributed by atoms with Crippen molar-refractivity contribution in [2.75, 3.05) is 11.9 Å². The third-order valence-electron chi connectivity index (χ3n) is 2.56. The lowest BCUT2D eigenvalue weighted by Crippen LogP contribution is -2.35. The Morgan fingerprint density at radius 2 is 1.96 bits per heavy atom. The van der Waals surface area contributed by atoms with Crippen LogP contribution < -0.4 is 21.7 Å². The van der Waals surface area contributed by atoms with Crippen LogP contribution in [-0.4, -0.2) is 35.5 Å². The molecule has 0 heterocycles. The maximum Gasteiger partial charge on any atom is 0.316 e. The minimum Gasteiger partial charge on any atom is -0.481 e. The van der Waals surface area contributed by atoms with Crippen LogP contribution in [0.15, 0.2) is 24.3 Å². The van der Waals surface area contributed by atoms with Gasteiger partial charge in [-0.25, -0.2) is 4.79 Å². The Hall–Kier alpha value is -3.54. The third kappa shape index (κ3) is 7.46. The highest BCUT2D eigenvalue weighted by Crippen LogP contribution is 2.10. The molecule has 0 atom stereocenters. The van der Waals surface area contributed by atoms with Crippen molar-refractivity contribution < 1.29 is 24.3 Å².